The molecule has 0 atom stereocenters. The van der Waals surface area contributed by atoms with Crippen molar-refractivity contribution in [3.8, 4) is 0 Å². The van der Waals surface area contributed by atoms with Crippen molar-refractivity contribution in [2.75, 3.05) is 13.1 Å². The molecule has 114 valence electrons. The Kier molecular flexibility index (Phi) is 4.51. The van der Waals surface area contributed by atoms with Crippen LogP contribution in [0.5, 0.6) is 0 Å². The van der Waals surface area contributed by atoms with E-state index < -0.39 is 10.0 Å². The van der Waals surface area contributed by atoms with Gasteiger partial charge in [-0.15, -0.1) is 0 Å². The minimum Gasteiger partial charge on any atom is -0.330 e. The summed E-state index contributed by atoms with van der Waals surface area (Å²) >= 11 is 0. The molecular formula is C13H24N4O2S. The highest BCUT2D eigenvalue weighted by atomic mass is 32.2. The third kappa shape index (κ3) is 3.05. The number of rotatable bonds is 5. The number of aryl methyl sites for hydroxylation is 2. The lowest BCUT2D eigenvalue weighted by molar-refractivity contribution is 0.202. The normalized spacial score (nSPS) is 19.1. The molecule has 1 aromatic heterocycles. The van der Waals surface area contributed by atoms with Gasteiger partial charge >= 0.3 is 0 Å². The third-order valence-electron chi connectivity index (χ3n) is 4.31. The van der Waals surface area contributed by atoms with Crippen molar-refractivity contribution in [1.29, 1.82) is 0 Å². The zero-order valence-electron chi connectivity index (χ0n) is 12.2. The first-order valence-corrected chi connectivity index (χ1v) is 8.60. The van der Waals surface area contributed by atoms with Crippen LogP contribution >= 0.6 is 0 Å². The van der Waals surface area contributed by atoms with Gasteiger partial charge in [0.15, 0.2) is 0 Å². The second-order valence-corrected chi connectivity index (χ2v) is 7.56. The number of nitrogens with one attached hydrogen (secondary N) is 2. The van der Waals surface area contributed by atoms with Crippen LogP contribution in [0.4, 0.5) is 0 Å². The molecule has 6 nitrogen and oxygen atoms in total. The zero-order chi connectivity index (χ0) is 14.8. The number of hydrogen-bond donors (Lipinski definition) is 3. The predicted molar refractivity (Wildman–Crippen MR) is 77.8 cm³/mol. The number of aromatic nitrogens is 2. The van der Waals surface area contributed by atoms with Gasteiger partial charge in [-0.05, 0) is 38.6 Å². The molecule has 1 saturated carbocycles. The summed E-state index contributed by atoms with van der Waals surface area (Å²) in [5.41, 5.74) is 6.88. The van der Waals surface area contributed by atoms with Crippen molar-refractivity contribution in [3.05, 3.63) is 11.4 Å². The maximum atomic E-state index is 12.4. The second kappa shape index (κ2) is 5.83. The number of sulfonamides is 1. The highest BCUT2D eigenvalue weighted by Crippen LogP contribution is 2.35. The molecule has 0 aliphatic heterocycles. The van der Waals surface area contributed by atoms with Gasteiger partial charge in [-0.2, -0.15) is 5.10 Å². The number of nitrogens with zero attached hydrogens (tertiary/aromatic N) is 1. The van der Waals surface area contributed by atoms with Gasteiger partial charge in [0.2, 0.25) is 10.0 Å². The summed E-state index contributed by atoms with van der Waals surface area (Å²) in [7, 11) is -3.53. The lowest BCUT2D eigenvalue weighted by Gasteiger charge is -2.36. The molecule has 0 aromatic carbocycles. The molecule has 0 radical (unpaired) electrons. The summed E-state index contributed by atoms with van der Waals surface area (Å²) in [6, 6.07) is 0. The fourth-order valence-electron chi connectivity index (χ4n) is 3.01. The summed E-state index contributed by atoms with van der Waals surface area (Å²) < 4.78 is 27.6. The van der Waals surface area contributed by atoms with Crippen LogP contribution in [-0.2, 0) is 10.0 Å². The van der Waals surface area contributed by atoms with Crippen molar-refractivity contribution in [2.24, 2.45) is 11.1 Å². The second-order valence-electron chi connectivity index (χ2n) is 5.85. The monoisotopic (exact) mass is 300 g/mol. The maximum absolute atomic E-state index is 12.4. The van der Waals surface area contributed by atoms with Gasteiger partial charge in [-0.1, -0.05) is 19.3 Å². The van der Waals surface area contributed by atoms with E-state index in [1.54, 1.807) is 13.8 Å². The molecule has 0 saturated heterocycles. The van der Waals surface area contributed by atoms with Crippen molar-refractivity contribution in [2.45, 2.75) is 50.8 Å². The van der Waals surface area contributed by atoms with Crippen LogP contribution in [0.2, 0.25) is 0 Å². The maximum Gasteiger partial charge on any atom is 0.244 e. The molecule has 1 fully saturated rings. The topological polar surface area (TPSA) is 101 Å². The van der Waals surface area contributed by atoms with Crippen molar-refractivity contribution >= 4 is 10.0 Å². The van der Waals surface area contributed by atoms with Crippen molar-refractivity contribution < 1.29 is 8.42 Å². The molecule has 7 heteroatoms. The van der Waals surface area contributed by atoms with E-state index in [1.165, 1.54) is 6.42 Å². The van der Waals surface area contributed by atoms with Crippen LogP contribution in [0, 0.1) is 19.3 Å². The summed E-state index contributed by atoms with van der Waals surface area (Å²) in [6.45, 7) is 4.35. The Morgan fingerprint density at radius 2 is 1.95 bits per heavy atom. The number of H-pyrrole nitrogens is 1. The lowest BCUT2D eigenvalue weighted by atomic mass is 9.74. The molecule has 20 heavy (non-hydrogen) atoms. The van der Waals surface area contributed by atoms with Gasteiger partial charge in [0.05, 0.1) is 11.4 Å². The van der Waals surface area contributed by atoms with Crippen molar-refractivity contribution in [3.63, 3.8) is 0 Å². The summed E-state index contributed by atoms with van der Waals surface area (Å²) in [4.78, 5) is 0.264. The fourth-order valence-corrected chi connectivity index (χ4v) is 4.54. The standard InChI is InChI=1S/C13H24N4O2S/c1-10-12(11(2)17-16-10)20(18,19)15-9-13(8-14)6-4-3-5-7-13/h15H,3-9,14H2,1-2H3,(H,16,17). The van der Waals surface area contributed by atoms with Gasteiger partial charge in [0.25, 0.3) is 0 Å². The molecule has 0 spiro atoms. The highest BCUT2D eigenvalue weighted by molar-refractivity contribution is 7.89. The number of hydrogen-bond acceptors (Lipinski definition) is 4. The third-order valence-corrected chi connectivity index (χ3v) is 5.98. The smallest absolute Gasteiger partial charge is 0.244 e. The van der Waals surface area contributed by atoms with E-state index in [-0.39, 0.29) is 10.3 Å². The average molecular weight is 300 g/mol. The molecule has 2 rings (SSSR count). The van der Waals surface area contributed by atoms with Gasteiger partial charge in [0, 0.05) is 6.54 Å². The molecule has 1 aromatic rings. The van der Waals surface area contributed by atoms with Gasteiger partial charge < -0.3 is 5.73 Å². The molecule has 1 aliphatic rings. The SMILES string of the molecule is Cc1n[nH]c(C)c1S(=O)(=O)NCC1(CN)CCCCC1. The first-order chi connectivity index (χ1) is 9.40. The van der Waals surface area contributed by atoms with E-state index in [2.05, 4.69) is 14.9 Å². The first-order valence-electron chi connectivity index (χ1n) is 7.11. The Labute approximate surface area is 120 Å². The van der Waals surface area contributed by atoms with Crippen molar-refractivity contribution in [1.82, 2.24) is 14.9 Å². The molecular weight excluding hydrogens is 276 g/mol. The van der Waals surface area contributed by atoms with Gasteiger partial charge in [-0.25, -0.2) is 13.1 Å². The van der Waals surface area contributed by atoms with E-state index in [0.29, 0.717) is 24.5 Å². The van der Waals surface area contributed by atoms with E-state index in [0.717, 1.165) is 25.7 Å². The number of aromatic amines is 1. The van der Waals surface area contributed by atoms with Gasteiger partial charge in [0.1, 0.15) is 4.90 Å². The zero-order valence-corrected chi connectivity index (χ0v) is 13.0. The van der Waals surface area contributed by atoms with E-state index >= 15 is 0 Å². The van der Waals surface area contributed by atoms with Crippen LogP contribution < -0.4 is 10.5 Å². The predicted octanol–water partition coefficient (Wildman–Crippen LogP) is 1.21. The molecule has 1 heterocycles. The van der Waals surface area contributed by atoms with Crippen LogP contribution in [0.15, 0.2) is 4.90 Å². The summed E-state index contributed by atoms with van der Waals surface area (Å²) in [6.07, 6.45) is 5.46. The van der Waals surface area contributed by atoms with E-state index in [1.807, 2.05) is 0 Å². The quantitative estimate of drug-likeness (QED) is 0.761. The van der Waals surface area contributed by atoms with Crippen LogP contribution in [0.25, 0.3) is 0 Å². The Morgan fingerprint density at radius 1 is 1.30 bits per heavy atom. The Morgan fingerprint density at radius 3 is 2.45 bits per heavy atom. The molecule has 0 amide bonds. The number of nitrogens with two attached hydrogens (primary N) is 1. The van der Waals surface area contributed by atoms with E-state index in [9.17, 15) is 8.42 Å². The van der Waals surface area contributed by atoms with Crippen LogP contribution in [0.1, 0.15) is 43.5 Å². The minimum atomic E-state index is -3.53. The average Bonchev–Trinajstić information content (AvgIpc) is 2.78. The van der Waals surface area contributed by atoms with Gasteiger partial charge in [-0.3, -0.25) is 5.10 Å². The summed E-state index contributed by atoms with van der Waals surface area (Å²) in [5.74, 6) is 0. The first kappa shape index (κ1) is 15.5. The Hall–Kier alpha value is -0.920. The molecule has 1 aliphatic carbocycles. The molecule has 0 bridgehead atoms. The molecule has 0 unspecified atom stereocenters. The Balaban J connectivity index is 2.13. The van der Waals surface area contributed by atoms with Crippen LogP contribution in [-0.4, -0.2) is 31.7 Å². The lowest BCUT2D eigenvalue weighted by Crippen LogP contribution is -2.43. The minimum absolute atomic E-state index is 0.0864. The Bertz CT molecular complexity index is 539. The fraction of sp³-hybridized carbons (Fsp3) is 0.769. The largest absolute Gasteiger partial charge is 0.330 e. The highest BCUT2D eigenvalue weighted by Gasteiger charge is 2.33. The molecule has 4 N–H and O–H groups in total. The van der Waals surface area contributed by atoms with Crippen LogP contribution in [0.3, 0.4) is 0 Å². The van der Waals surface area contributed by atoms with E-state index in [4.69, 9.17) is 5.73 Å². The summed E-state index contributed by atoms with van der Waals surface area (Å²) in [5, 5.41) is 6.66.